The maximum atomic E-state index is 12.0. The SMILES string of the molecule is CCNCc1ccccc1NC(=O)c1ccc(Cl)o1. The van der Waals surface area contributed by atoms with Crippen LogP contribution in [0.2, 0.25) is 5.22 Å². The summed E-state index contributed by atoms with van der Waals surface area (Å²) in [6, 6.07) is 10.7. The first-order valence-corrected chi connectivity index (χ1v) is 6.44. The van der Waals surface area contributed by atoms with Gasteiger partial charge in [-0.05, 0) is 41.9 Å². The number of amides is 1. The van der Waals surface area contributed by atoms with E-state index in [0.29, 0.717) is 6.54 Å². The first-order valence-electron chi connectivity index (χ1n) is 6.06. The zero-order valence-corrected chi connectivity index (χ0v) is 11.3. The zero-order valence-electron chi connectivity index (χ0n) is 10.6. The monoisotopic (exact) mass is 278 g/mol. The molecule has 0 spiro atoms. The Morgan fingerprint density at radius 2 is 2.05 bits per heavy atom. The summed E-state index contributed by atoms with van der Waals surface area (Å²) in [6.07, 6.45) is 0. The van der Waals surface area contributed by atoms with E-state index in [1.165, 1.54) is 0 Å². The standard InChI is InChI=1S/C14H15ClN2O2/c1-2-16-9-10-5-3-4-6-11(10)17-14(18)12-7-8-13(15)19-12/h3-8,16H,2,9H2,1H3,(H,17,18). The molecule has 0 saturated carbocycles. The Labute approximate surface area is 116 Å². The van der Waals surface area contributed by atoms with Gasteiger partial charge in [0, 0.05) is 12.2 Å². The van der Waals surface area contributed by atoms with E-state index in [9.17, 15) is 4.79 Å². The van der Waals surface area contributed by atoms with Crippen LogP contribution in [0.25, 0.3) is 0 Å². The molecule has 0 atom stereocenters. The third-order valence-corrected chi connectivity index (χ3v) is 2.83. The number of nitrogens with one attached hydrogen (secondary N) is 2. The average molecular weight is 279 g/mol. The summed E-state index contributed by atoms with van der Waals surface area (Å²) in [5.74, 6) is -0.112. The summed E-state index contributed by atoms with van der Waals surface area (Å²) in [6.45, 7) is 3.61. The first kappa shape index (κ1) is 13.6. The van der Waals surface area contributed by atoms with Gasteiger partial charge in [0.25, 0.3) is 5.91 Å². The van der Waals surface area contributed by atoms with E-state index < -0.39 is 0 Å². The molecule has 0 aliphatic heterocycles. The van der Waals surface area contributed by atoms with Crippen LogP contribution in [-0.2, 0) is 6.54 Å². The van der Waals surface area contributed by atoms with E-state index in [1.54, 1.807) is 12.1 Å². The predicted molar refractivity (Wildman–Crippen MR) is 75.5 cm³/mol. The van der Waals surface area contributed by atoms with Crippen LogP contribution < -0.4 is 10.6 Å². The minimum Gasteiger partial charge on any atom is -0.440 e. The lowest BCUT2D eigenvalue weighted by Gasteiger charge is -2.10. The summed E-state index contributed by atoms with van der Waals surface area (Å²) in [5, 5.41) is 6.24. The topological polar surface area (TPSA) is 54.3 Å². The smallest absolute Gasteiger partial charge is 0.291 e. The number of para-hydroxylation sites is 1. The lowest BCUT2D eigenvalue weighted by molar-refractivity contribution is 0.0996. The van der Waals surface area contributed by atoms with Gasteiger partial charge in [-0.25, -0.2) is 0 Å². The van der Waals surface area contributed by atoms with E-state index in [4.69, 9.17) is 16.0 Å². The third-order valence-electron chi connectivity index (χ3n) is 2.63. The van der Waals surface area contributed by atoms with Gasteiger partial charge in [-0.15, -0.1) is 0 Å². The predicted octanol–water partition coefficient (Wildman–Crippen LogP) is 3.29. The van der Waals surface area contributed by atoms with Crippen molar-refractivity contribution < 1.29 is 9.21 Å². The molecule has 1 amide bonds. The Morgan fingerprint density at radius 3 is 2.74 bits per heavy atom. The maximum absolute atomic E-state index is 12.0. The van der Waals surface area contributed by atoms with Gasteiger partial charge in [0.05, 0.1) is 0 Å². The minimum atomic E-state index is -0.309. The molecule has 0 bridgehead atoms. The molecule has 19 heavy (non-hydrogen) atoms. The molecule has 0 aliphatic carbocycles. The molecule has 2 rings (SSSR count). The molecule has 1 aromatic heterocycles. The number of carbonyl (C=O) groups excluding carboxylic acids is 1. The van der Waals surface area contributed by atoms with Crippen molar-refractivity contribution in [2.75, 3.05) is 11.9 Å². The Kier molecular flexibility index (Phi) is 4.60. The number of benzene rings is 1. The number of anilines is 1. The van der Waals surface area contributed by atoms with E-state index in [-0.39, 0.29) is 16.9 Å². The molecule has 2 aromatic rings. The fraction of sp³-hybridized carbons (Fsp3) is 0.214. The van der Waals surface area contributed by atoms with Crippen LogP contribution in [0.4, 0.5) is 5.69 Å². The van der Waals surface area contributed by atoms with Crippen LogP contribution in [0.5, 0.6) is 0 Å². The van der Waals surface area contributed by atoms with Crippen molar-refractivity contribution >= 4 is 23.2 Å². The summed E-state index contributed by atoms with van der Waals surface area (Å²) >= 11 is 5.65. The molecule has 0 unspecified atom stereocenters. The lowest BCUT2D eigenvalue weighted by Crippen LogP contribution is -2.16. The van der Waals surface area contributed by atoms with Crippen LogP contribution >= 0.6 is 11.6 Å². The van der Waals surface area contributed by atoms with Crippen molar-refractivity contribution in [3.63, 3.8) is 0 Å². The van der Waals surface area contributed by atoms with Gasteiger partial charge < -0.3 is 15.1 Å². The van der Waals surface area contributed by atoms with Gasteiger partial charge >= 0.3 is 0 Å². The van der Waals surface area contributed by atoms with Crippen molar-refractivity contribution in [2.24, 2.45) is 0 Å². The fourth-order valence-corrected chi connectivity index (χ4v) is 1.82. The number of hydrogen-bond acceptors (Lipinski definition) is 3. The summed E-state index contributed by atoms with van der Waals surface area (Å²) in [5.41, 5.74) is 1.79. The highest BCUT2D eigenvalue weighted by molar-refractivity contribution is 6.29. The second-order valence-electron chi connectivity index (χ2n) is 4.00. The summed E-state index contributed by atoms with van der Waals surface area (Å²) in [7, 11) is 0. The second kappa shape index (κ2) is 6.41. The molecular weight excluding hydrogens is 264 g/mol. The van der Waals surface area contributed by atoms with Crippen molar-refractivity contribution in [3.05, 3.63) is 52.9 Å². The molecule has 1 aromatic carbocycles. The van der Waals surface area contributed by atoms with Crippen LogP contribution in [0.1, 0.15) is 23.0 Å². The second-order valence-corrected chi connectivity index (χ2v) is 4.37. The van der Waals surface area contributed by atoms with Gasteiger partial charge in [0.15, 0.2) is 11.0 Å². The van der Waals surface area contributed by atoms with E-state index in [1.807, 2.05) is 31.2 Å². The number of halogens is 1. The molecule has 0 fully saturated rings. The van der Waals surface area contributed by atoms with Gasteiger partial charge in [-0.1, -0.05) is 25.1 Å². The number of hydrogen-bond donors (Lipinski definition) is 2. The molecule has 5 heteroatoms. The Hall–Kier alpha value is -1.78. The van der Waals surface area contributed by atoms with E-state index >= 15 is 0 Å². The van der Waals surface area contributed by atoms with Crippen molar-refractivity contribution in [2.45, 2.75) is 13.5 Å². The molecule has 4 nitrogen and oxygen atoms in total. The number of rotatable bonds is 5. The van der Waals surface area contributed by atoms with Gasteiger partial charge in [-0.3, -0.25) is 4.79 Å². The van der Waals surface area contributed by atoms with E-state index in [0.717, 1.165) is 17.8 Å². The highest BCUT2D eigenvalue weighted by atomic mass is 35.5. The number of carbonyl (C=O) groups is 1. The molecule has 100 valence electrons. The minimum absolute atomic E-state index is 0.197. The molecule has 0 radical (unpaired) electrons. The normalized spacial score (nSPS) is 10.4. The van der Waals surface area contributed by atoms with Crippen molar-refractivity contribution in [1.82, 2.24) is 5.32 Å². The lowest BCUT2D eigenvalue weighted by atomic mass is 10.1. The average Bonchev–Trinajstić information content (AvgIpc) is 2.84. The molecule has 0 saturated heterocycles. The van der Waals surface area contributed by atoms with Crippen LogP contribution in [0, 0.1) is 0 Å². The summed E-state index contributed by atoms with van der Waals surface area (Å²) < 4.78 is 5.08. The molecule has 2 N–H and O–H groups in total. The highest BCUT2D eigenvalue weighted by Gasteiger charge is 2.12. The van der Waals surface area contributed by atoms with Gasteiger partial charge in [0.2, 0.25) is 0 Å². The van der Waals surface area contributed by atoms with Crippen LogP contribution in [-0.4, -0.2) is 12.5 Å². The molecular formula is C14H15ClN2O2. The van der Waals surface area contributed by atoms with Crippen molar-refractivity contribution in [1.29, 1.82) is 0 Å². The Bertz CT molecular complexity index is 566. The van der Waals surface area contributed by atoms with E-state index in [2.05, 4.69) is 10.6 Å². The van der Waals surface area contributed by atoms with Crippen LogP contribution in [0.15, 0.2) is 40.8 Å². The van der Waals surface area contributed by atoms with Crippen molar-refractivity contribution in [3.8, 4) is 0 Å². The molecule has 1 heterocycles. The zero-order chi connectivity index (χ0) is 13.7. The number of furan rings is 1. The molecule has 0 aliphatic rings. The fourth-order valence-electron chi connectivity index (χ4n) is 1.68. The Morgan fingerprint density at radius 1 is 1.26 bits per heavy atom. The van der Waals surface area contributed by atoms with Crippen LogP contribution in [0.3, 0.4) is 0 Å². The largest absolute Gasteiger partial charge is 0.440 e. The third kappa shape index (κ3) is 3.59. The van der Waals surface area contributed by atoms with Gasteiger partial charge in [-0.2, -0.15) is 0 Å². The summed E-state index contributed by atoms with van der Waals surface area (Å²) in [4.78, 5) is 12.0. The first-order chi connectivity index (χ1) is 9.20. The maximum Gasteiger partial charge on any atom is 0.291 e. The Balaban J connectivity index is 2.12. The van der Waals surface area contributed by atoms with Gasteiger partial charge in [0.1, 0.15) is 0 Å². The quantitative estimate of drug-likeness (QED) is 0.882. The highest BCUT2D eigenvalue weighted by Crippen LogP contribution is 2.18.